The fraction of sp³-hybridized carbons (Fsp3) is 0.300. The summed E-state index contributed by atoms with van der Waals surface area (Å²) in [6, 6.07) is 12.9. The molecule has 0 amide bonds. The first-order valence-corrected chi connectivity index (χ1v) is 8.06. The number of nitrogens with zero attached hydrogens (tertiary/aromatic N) is 2. The van der Waals surface area contributed by atoms with Crippen LogP contribution in [0.2, 0.25) is 0 Å². The normalized spacial score (nSPS) is 11.7. The molecule has 2 aromatic carbocycles. The maximum absolute atomic E-state index is 13.4. The van der Waals surface area contributed by atoms with Gasteiger partial charge in [0.05, 0.1) is 17.5 Å². The molecule has 24 heavy (non-hydrogen) atoms. The third-order valence-electron chi connectivity index (χ3n) is 3.98. The Labute approximate surface area is 141 Å². The van der Waals surface area contributed by atoms with Crippen molar-refractivity contribution in [1.82, 2.24) is 9.97 Å². The van der Waals surface area contributed by atoms with Gasteiger partial charge in [-0.1, -0.05) is 45.0 Å². The molecule has 0 atom stereocenters. The second-order valence-corrected chi connectivity index (χ2v) is 6.89. The van der Waals surface area contributed by atoms with E-state index in [0.29, 0.717) is 23.4 Å². The lowest BCUT2D eigenvalue weighted by atomic mass is 9.86. The number of ether oxygens (including phenoxy) is 1. The molecular formula is C20H21FN2O. The van der Waals surface area contributed by atoms with Crippen molar-refractivity contribution in [3.05, 3.63) is 65.7 Å². The van der Waals surface area contributed by atoms with Gasteiger partial charge in [-0.25, -0.2) is 14.4 Å². The van der Waals surface area contributed by atoms with Gasteiger partial charge in [-0.15, -0.1) is 0 Å². The number of fused-ring (bicyclic) bond motifs is 1. The Hall–Kier alpha value is -2.49. The van der Waals surface area contributed by atoms with Gasteiger partial charge >= 0.3 is 0 Å². The molecule has 1 heterocycles. The molecule has 0 saturated carbocycles. The zero-order valence-corrected chi connectivity index (χ0v) is 14.2. The van der Waals surface area contributed by atoms with Crippen LogP contribution in [0.25, 0.3) is 10.9 Å². The summed E-state index contributed by atoms with van der Waals surface area (Å²) in [5.74, 6) is 0.103. The first-order chi connectivity index (χ1) is 11.4. The van der Waals surface area contributed by atoms with Crippen molar-refractivity contribution in [1.29, 1.82) is 0 Å². The molecule has 3 nitrogen and oxygen atoms in total. The predicted octanol–water partition coefficient (Wildman–Crippen LogP) is 4.69. The highest BCUT2D eigenvalue weighted by atomic mass is 19.1. The van der Waals surface area contributed by atoms with E-state index in [1.165, 1.54) is 29.6 Å². The maximum Gasteiger partial charge on any atom is 0.224 e. The van der Waals surface area contributed by atoms with Crippen molar-refractivity contribution >= 4 is 10.9 Å². The Morgan fingerprint density at radius 2 is 1.88 bits per heavy atom. The van der Waals surface area contributed by atoms with E-state index in [0.717, 1.165) is 6.42 Å². The molecule has 0 bridgehead atoms. The van der Waals surface area contributed by atoms with Crippen LogP contribution in [0.5, 0.6) is 5.88 Å². The quantitative estimate of drug-likeness (QED) is 0.698. The summed E-state index contributed by atoms with van der Waals surface area (Å²) in [4.78, 5) is 8.27. The van der Waals surface area contributed by atoms with E-state index >= 15 is 0 Å². The third-order valence-corrected chi connectivity index (χ3v) is 3.98. The summed E-state index contributed by atoms with van der Waals surface area (Å²) in [6.45, 7) is 7.08. The van der Waals surface area contributed by atoms with E-state index in [9.17, 15) is 4.39 Å². The molecule has 0 spiro atoms. The molecular weight excluding hydrogens is 303 g/mol. The topological polar surface area (TPSA) is 35.0 Å². The maximum atomic E-state index is 13.4. The van der Waals surface area contributed by atoms with E-state index in [4.69, 9.17) is 4.74 Å². The Balaban J connectivity index is 1.72. The van der Waals surface area contributed by atoms with Crippen LogP contribution in [0.1, 0.15) is 31.9 Å². The number of halogens is 1. The van der Waals surface area contributed by atoms with Crippen LogP contribution < -0.4 is 4.74 Å². The average Bonchev–Trinajstić information content (AvgIpc) is 2.55. The van der Waals surface area contributed by atoms with Crippen LogP contribution in [-0.2, 0) is 11.8 Å². The van der Waals surface area contributed by atoms with Crippen molar-refractivity contribution < 1.29 is 9.13 Å². The Bertz CT molecular complexity index is 856. The minimum absolute atomic E-state index is 0.122. The van der Waals surface area contributed by atoms with Gasteiger partial charge < -0.3 is 4.74 Å². The smallest absolute Gasteiger partial charge is 0.224 e. The summed E-state index contributed by atoms with van der Waals surface area (Å²) in [5.41, 5.74) is 3.31. The molecule has 0 radical (unpaired) electrons. The highest BCUT2D eigenvalue weighted by Gasteiger charge is 2.13. The molecule has 0 unspecified atom stereocenters. The summed E-state index contributed by atoms with van der Waals surface area (Å²) >= 11 is 0. The number of hydrogen-bond acceptors (Lipinski definition) is 3. The van der Waals surface area contributed by atoms with Gasteiger partial charge in [0.2, 0.25) is 5.88 Å². The van der Waals surface area contributed by atoms with Crippen LogP contribution >= 0.6 is 0 Å². The van der Waals surface area contributed by atoms with E-state index in [1.54, 1.807) is 6.07 Å². The molecule has 3 rings (SSSR count). The lowest BCUT2D eigenvalue weighted by Crippen LogP contribution is -2.12. The van der Waals surface area contributed by atoms with Crippen molar-refractivity contribution in [2.75, 3.05) is 6.61 Å². The van der Waals surface area contributed by atoms with E-state index in [2.05, 4.69) is 55.0 Å². The first-order valence-electron chi connectivity index (χ1n) is 8.06. The highest BCUT2D eigenvalue weighted by Crippen LogP contribution is 2.24. The molecule has 3 aromatic rings. The van der Waals surface area contributed by atoms with Gasteiger partial charge in [-0.2, -0.15) is 0 Å². The van der Waals surface area contributed by atoms with Gasteiger partial charge in [0, 0.05) is 6.42 Å². The van der Waals surface area contributed by atoms with Crippen molar-refractivity contribution in [3.63, 3.8) is 0 Å². The second-order valence-electron chi connectivity index (χ2n) is 6.89. The Morgan fingerprint density at radius 3 is 2.67 bits per heavy atom. The monoisotopic (exact) mass is 324 g/mol. The van der Waals surface area contributed by atoms with Crippen molar-refractivity contribution in [2.45, 2.75) is 32.6 Å². The molecule has 0 N–H and O–H groups in total. The zero-order chi connectivity index (χ0) is 17.2. The molecule has 1 aromatic heterocycles. The SMILES string of the molecule is CC(C)(C)c1cccc(CCOc2ncnc3ccc(F)cc23)c1. The summed E-state index contributed by atoms with van der Waals surface area (Å²) in [7, 11) is 0. The molecule has 0 saturated heterocycles. The van der Waals surface area contributed by atoms with Crippen molar-refractivity contribution in [3.8, 4) is 5.88 Å². The van der Waals surface area contributed by atoms with Gasteiger partial charge in [-0.05, 0) is 34.7 Å². The zero-order valence-electron chi connectivity index (χ0n) is 14.2. The number of benzene rings is 2. The van der Waals surface area contributed by atoms with Crippen LogP contribution in [0.4, 0.5) is 4.39 Å². The van der Waals surface area contributed by atoms with Gasteiger partial charge in [-0.3, -0.25) is 0 Å². The summed E-state index contributed by atoms with van der Waals surface area (Å²) < 4.78 is 19.2. The van der Waals surface area contributed by atoms with Crippen LogP contribution in [0.3, 0.4) is 0 Å². The van der Waals surface area contributed by atoms with E-state index in [1.807, 2.05) is 0 Å². The van der Waals surface area contributed by atoms with E-state index in [-0.39, 0.29) is 11.2 Å². The summed E-state index contributed by atoms with van der Waals surface area (Å²) in [6.07, 6.45) is 2.21. The predicted molar refractivity (Wildman–Crippen MR) is 93.8 cm³/mol. The lowest BCUT2D eigenvalue weighted by molar-refractivity contribution is 0.313. The lowest BCUT2D eigenvalue weighted by Gasteiger charge is -2.19. The Kier molecular flexibility index (Phi) is 4.47. The van der Waals surface area contributed by atoms with Crippen LogP contribution in [0.15, 0.2) is 48.8 Å². The Morgan fingerprint density at radius 1 is 1.04 bits per heavy atom. The third kappa shape index (κ3) is 3.70. The standard InChI is InChI=1S/C20H21FN2O/c1-20(2,3)15-6-4-5-14(11-15)9-10-24-19-17-12-16(21)7-8-18(17)22-13-23-19/h4-8,11-13H,9-10H2,1-3H3. The second kappa shape index (κ2) is 6.56. The fourth-order valence-corrected chi connectivity index (χ4v) is 2.58. The van der Waals surface area contributed by atoms with Crippen molar-refractivity contribution in [2.24, 2.45) is 0 Å². The number of hydrogen-bond donors (Lipinski definition) is 0. The largest absolute Gasteiger partial charge is 0.477 e. The van der Waals surface area contributed by atoms with Crippen LogP contribution in [0, 0.1) is 5.82 Å². The minimum Gasteiger partial charge on any atom is -0.477 e. The van der Waals surface area contributed by atoms with Crippen LogP contribution in [-0.4, -0.2) is 16.6 Å². The molecule has 0 fully saturated rings. The molecule has 124 valence electrons. The number of rotatable bonds is 4. The molecule has 0 aliphatic carbocycles. The highest BCUT2D eigenvalue weighted by molar-refractivity contribution is 5.83. The average molecular weight is 324 g/mol. The number of aromatic nitrogens is 2. The molecule has 0 aliphatic rings. The fourth-order valence-electron chi connectivity index (χ4n) is 2.58. The van der Waals surface area contributed by atoms with E-state index < -0.39 is 0 Å². The first kappa shape index (κ1) is 16.4. The molecule has 4 heteroatoms. The summed E-state index contributed by atoms with van der Waals surface area (Å²) in [5, 5.41) is 0.598. The van der Waals surface area contributed by atoms with Gasteiger partial charge in [0.1, 0.15) is 12.1 Å². The molecule has 0 aliphatic heterocycles. The minimum atomic E-state index is -0.319. The van der Waals surface area contributed by atoms with Gasteiger partial charge in [0.25, 0.3) is 0 Å². The van der Waals surface area contributed by atoms with Gasteiger partial charge in [0.15, 0.2) is 0 Å².